The molecule has 1 aromatic rings. The zero-order chi connectivity index (χ0) is 14.3. The van der Waals surface area contributed by atoms with Gasteiger partial charge < -0.3 is 20.5 Å². The highest BCUT2D eigenvalue weighted by molar-refractivity contribution is 5.36. The first-order valence-electron chi connectivity index (χ1n) is 6.56. The molecule has 7 nitrogen and oxygen atoms in total. The summed E-state index contributed by atoms with van der Waals surface area (Å²) in [6.45, 7) is 6.00. The Hall–Kier alpha value is -1.63. The molecule has 0 radical (unpaired) electrons. The molecule has 0 fully saturated rings. The van der Waals surface area contributed by atoms with Gasteiger partial charge in [-0.05, 0) is 26.7 Å². The second-order valence-corrected chi connectivity index (χ2v) is 4.44. The van der Waals surface area contributed by atoms with Gasteiger partial charge in [-0.25, -0.2) is 0 Å². The topological polar surface area (TPSA) is 92.2 Å². The molecular formula is C12H23N5O2. The Morgan fingerprint density at radius 3 is 2.42 bits per heavy atom. The molecule has 108 valence electrons. The van der Waals surface area contributed by atoms with E-state index in [4.69, 9.17) is 9.84 Å². The van der Waals surface area contributed by atoms with Gasteiger partial charge >= 0.3 is 6.01 Å². The molecule has 1 unspecified atom stereocenters. The van der Waals surface area contributed by atoms with Gasteiger partial charge in [-0.1, -0.05) is 6.92 Å². The summed E-state index contributed by atoms with van der Waals surface area (Å²) >= 11 is 0. The van der Waals surface area contributed by atoms with Gasteiger partial charge in [0.15, 0.2) is 0 Å². The maximum absolute atomic E-state index is 8.99. The first kappa shape index (κ1) is 15.4. The van der Waals surface area contributed by atoms with E-state index in [9.17, 15) is 0 Å². The highest BCUT2D eigenvalue weighted by Gasteiger charge is 2.11. The minimum Gasteiger partial charge on any atom is -0.461 e. The van der Waals surface area contributed by atoms with E-state index in [0.29, 0.717) is 18.3 Å². The van der Waals surface area contributed by atoms with Gasteiger partial charge in [-0.2, -0.15) is 15.0 Å². The van der Waals surface area contributed by atoms with Gasteiger partial charge in [0.1, 0.15) is 0 Å². The van der Waals surface area contributed by atoms with Crippen LogP contribution in [0.5, 0.6) is 6.01 Å². The third-order valence-electron chi connectivity index (χ3n) is 2.48. The summed E-state index contributed by atoms with van der Waals surface area (Å²) < 4.78 is 5.48. The zero-order valence-electron chi connectivity index (χ0n) is 12.0. The lowest BCUT2D eigenvalue weighted by Crippen LogP contribution is -2.22. The summed E-state index contributed by atoms with van der Waals surface area (Å²) in [5.74, 6) is 0.905. The standard InChI is InChI=1S/C12H23N5O2/c1-5-9(6-7-18)14-11-15-10(13-4)16-12(17-11)19-8(2)3/h8-9,18H,5-7H2,1-4H3,(H2,13,14,15,16,17). The summed E-state index contributed by atoms with van der Waals surface area (Å²) in [6, 6.07) is 0.416. The molecule has 1 heterocycles. The van der Waals surface area contributed by atoms with Crippen LogP contribution in [0.2, 0.25) is 0 Å². The minimum absolute atomic E-state index is 0.000583. The summed E-state index contributed by atoms with van der Waals surface area (Å²) in [6.07, 6.45) is 1.53. The van der Waals surface area contributed by atoms with E-state index < -0.39 is 0 Å². The number of aliphatic hydroxyl groups is 1. The second-order valence-electron chi connectivity index (χ2n) is 4.44. The van der Waals surface area contributed by atoms with Crippen LogP contribution in [0.3, 0.4) is 0 Å². The third kappa shape index (κ3) is 5.25. The van der Waals surface area contributed by atoms with E-state index in [-0.39, 0.29) is 24.8 Å². The Morgan fingerprint density at radius 2 is 1.89 bits per heavy atom. The number of aliphatic hydroxyl groups excluding tert-OH is 1. The van der Waals surface area contributed by atoms with Crippen molar-refractivity contribution in [2.75, 3.05) is 24.3 Å². The molecule has 0 amide bonds. The van der Waals surface area contributed by atoms with E-state index in [0.717, 1.165) is 6.42 Å². The summed E-state index contributed by atoms with van der Waals surface area (Å²) in [7, 11) is 1.74. The lowest BCUT2D eigenvalue weighted by molar-refractivity contribution is 0.222. The zero-order valence-corrected chi connectivity index (χ0v) is 12.0. The molecular weight excluding hydrogens is 246 g/mol. The van der Waals surface area contributed by atoms with Crippen LogP contribution in [0, 0.1) is 0 Å². The van der Waals surface area contributed by atoms with Crippen molar-refractivity contribution in [3.8, 4) is 6.01 Å². The van der Waals surface area contributed by atoms with Crippen LogP contribution < -0.4 is 15.4 Å². The molecule has 0 aliphatic rings. The monoisotopic (exact) mass is 269 g/mol. The second kappa shape index (κ2) is 7.73. The quantitative estimate of drug-likeness (QED) is 0.654. The average Bonchev–Trinajstić information content (AvgIpc) is 2.37. The number of anilines is 2. The van der Waals surface area contributed by atoms with E-state index >= 15 is 0 Å². The first-order valence-corrected chi connectivity index (χ1v) is 6.56. The van der Waals surface area contributed by atoms with Gasteiger partial charge in [0.05, 0.1) is 6.10 Å². The smallest absolute Gasteiger partial charge is 0.323 e. The van der Waals surface area contributed by atoms with Crippen molar-refractivity contribution in [2.45, 2.75) is 45.8 Å². The van der Waals surface area contributed by atoms with Crippen molar-refractivity contribution in [1.82, 2.24) is 15.0 Å². The van der Waals surface area contributed by atoms with Crippen molar-refractivity contribution >= 4 is 11.9 Å². The number of aromatic nitrogens is 3. The van der Waals surface area contributed by atoms with Crippen molar-refractivity contribution < 1.29 is 9.84 Å². The molecule has 1 atom stereocenters. The molecule has 0 aromatic carbocycles. The fourth-order valence-corrected chi connectivity index (χ4v) is 1.51. The Bertz CT molecular complexity index is 386. The summed E-state index contributed by atoms with van der Waals surface area (Å²) in [5.41, 5.74) is 0. The molecule has 0 aliphatic carbocycles. The molecule has 1 aromatic heterocycles. The van der Waals surface area contributed by atoms with Gasteiger partial charge in [0.2, 0.25) is 11.9 Å². The first-order chi connectivity index (χ1) is 9.08. The predicted octanol–water partition coefficient (Wildman–Crippen LogP) is 1.27. The molecule has 19 heavy (non-hydrogen) atoms. The molecule has 0 saturated carbocycles. The number of hydrogen-bond acceptors (Lipinski definition) is 7. The fraction of sp³-hybridized carbons (Fsp3) is 0.750. The normalized spacial score (nSPS) is 12.3. The van der Waals surface area contributed by atoms with Crippen molar-refractivity contribution in [2.24, 2.45) is 0 Å². The van der Waals surface area contributed by atoms with Crippen LogP contribution in [0.15, 0.2) is 0 Å². The summed E-state index contributed by atoms with van der Waals surface area (Å²) in [4.78, 5) is 12.6. The van der Waals surface area contributed by atoms with Gasteiger partial charge in [0, 0.05) is 19.7 Å². The molecule has 0 bridgehead atoms. The van der Waals surface area contributed by atoms with Crippen LogP contribution in [0.25, 0.3) is 0 Å². The SMILES string of the molecule is CCC(CCO)Nc1nc(NC)nc(OC(C)C)n1. The van der Waals surface area contributed by atoms with Crippen LogP contribution in [-0.4, -0.2) is 45.9 Å². The number of rotatable bonds is 8. The largest absolute Gasteiger partial charge is 0.461 e. The minimum atomic E-state index is -0.000583. The van der Waals surface area contributed by atoms with Crippen LogP contribution >= 0.6 is 0 Å². The molecule has 0 saturated heterocycles. The maximum Gasteiger partial charge on any atom is 0.323 e. The predicted molar refractivity (Wildman–Crippen MR) is 74.5 cm³/mol. The lowest BCUT2D eigenvalue weighted by Gasteiger charge is -2.16. The Morgan fingerprint density at radius 1 is 1.21 bits per heavy atom. The number of ether oxygens (including phenoxy) is 1. The molecule has 0 aliphatic heterocycles. The fourth-order valence-electron chi connectivity index (χ4n) is 1.51. The van der Waals surface area contributed by atoms with E-state index in [1.54, 1.807) is 7.05 Å². The number of hydrogen-bond donors (Lipinski definition) is 3. The molecule has 1 rings (SSSR count). The Balaban J connectivity index is 2.86. The highest BCUT2D eigenvalue weighted by atomic mass is 16.5. The van der Waals surface area contributed by atoms with Crippen LogP contribution in [-0.2, 0) is 0 Å². The van der Waals surface area contributed by atoms with Gasteiger partial charge in [0.25, 0.3) is 0 Å². The average molecular weight is 269 g/mol. The number of nitrogens with one attached hydrogen (secondary N) is 2. The lowest BCUT2D eigenvalue weighted by atomic mass is 10.2. The van der Waals surface area contributed by atoms with Gasteiger partial charge in [-0.15, -0.1) is 0 Å². The Kier molecular flexibility index (Phi) is 6.27. The van der Waals surface area contributed by atoms with Gasteiger partial charge in [-0.3, -0.25) is 0 Å². The molecule has 0 spiro atoms. The highest BCUT2D eigenvalue weighted by Crippen LogP contribution is 2.14. The number of nitrogens with zero attached hydrogens (tertiary/aromatic N) is 3. The maximum atomic E-state index is 8.99. The van der Waals surface area contributed by atoms with Crippen molar-refractivity contribution in [3.63, 3.8) is 0 Å². The van der Waals surface area contributed by atoms with Crippen LogP contribution in [0.4, 0.5) is 11.9 Å². The van der Waals surface area contributed by atoms with Crippen LogP contribution in [0.1, 0.15) is 33.6 Å². The molecule has 3 N–H and O–H groups in total. The Labute approximate surface area is 113 Å². The van der Waals surface area contributed by atoms with E-state index in [2.05, 4.69) is 25.6 Å². The van der Waals surface area contributed by atoms with Crippen molar-refractivity contribution in [3.05, 3.63) is 0 Å². The van der Waals surface area contributed by atoms with Crippen molar-refractivity contribution in [1.29, 1.82) is 0 Å². The third-order valence-corrected chi connectivity index (χ3v) is 2.48. The molecule has 7 heteroatoms. The van der Waals surface area contributed by atoms with E-state index in [1.165, 1.54) is 0 Å². The summed E-state index contributed by atoms with van der Waals surface area (Å²) in [5, 5.41) is 15.0. The van der Waals surface area contributed by atoms with E-state index in [1.807, 2.05) is 20.8 Å².